The summed E-state index contributed by atoms with van der Waals surface area (Å²) in [6, 6.07) is -0.164. The predicted octanol–water partition coefficient (Wildman–Crippen LogP) is 0.248. The molecule has 1 rings (SSSR count). The number of hydrogen-bond donors (Lipinski definition) is 2. The summed E-state index contributed by atoms with van der Waals surface area (Å²) in [4.78, 5) is 26.9. The van der Waals surface area contributed by atoms with Crippen molar-refractivity contribution < 1.29 is 9.59 Å². The number of rotatable bonds is 6. The van der Waals surface area contributed by atoms with Crippen LogP contribution in [0.5, 0.6) is 0 Å². The molecule has 1 unspecified atom stereocenters. The van der Waals surface area contributed by atoms with Gasteiger partial charge in [0.15, 0.2) is 0 Å². The molecule has 1 fully saturated rings. The van der Waals surface area contributed by atoms with E-state index in [1.807, 2.05) is 4.90 Å². The van der Waals surface area contributed by atoms with Crippen LogP contribution in [0.25, 0.3) is 0 Å². The topological polar surface area (TPSA) is 64.7 Å². The van der Waals surface area contributed by atoms with Crippen LogP contribution >= 0.6 is 0 Å². The smallest absolute Gasteiger partial charge is 0.316 e. The summed E-state index contributed by atoms with van der Waals surface area (Å²) in [7, 11) is 3.40. The SMILES string of the molecule is CCCNC1CCCN(CCNC(=O)N(C)C)C1=O. The molecule has 110 valence electrons. The lowest BCUT2D eigenvalue weighted by Crippen LogP contribution is -2.52. The average Bonchev–Trinajstić information content (AvgIpc) is 2.39. The number of carbonyl (C=O) groups is 2. The van der Waals surface area contributed by atoms with E-state index in [2.05, 4.69) is 17.6 Å². The lowest BCUT2D eigenvalue weighted by Gasteiger charge is -2.32. The summed E-state index contributed by atoms with van der Waals surface area (Å²) in [5, 5.41) is 6.06. The van der Waals surface area contributed by atoms with Crippen LogP contribution < -0.4 is 10.6 Å². The highest BCUT2D eigenvalue weighted by Gasteiger charge is 2.27. The van der Waals surface area contributed by atoms with E-state index in [4.69, 9.17) is 0 Å². The van der Waals surface area contributed by atoms with Gasteiger partial charge < -0.3 is 20.4 Å². The highest BCUT2D eigenvalue weighted by Crippen LogP contribution is 2.11. The Bertz CT molecular complexity index is 307. The number of likely N-dealkylation sites (tertiary alicyclic amines) is 1. The zero-order valence-electron chi connectivity index (χ0n) is 12.2. The first kappa shape index (κ1) is 15.8. The van der Waals surface area contributed by atoms with Crippen LogP contribution in [0.4, 0.5) is 4.79 Å². The Morgan fingerprint density at radius 2 is 2.16 bits per heavy atom. The van der Waals surface area contributed by atoms with Crippen LogP contribution in [0.1, 0.15) is 26.2 Å². The van der Waals surface area contributed by atoms with E-state index in [-0.39, 0.29) is 18.0 Å². The number of nitrogens with one attached hydrogen (secondary N) is 2. The average molecular weight is 270 g/mol. The molecule has 1 saturated heterocycles. The first-order valence-electron chi connectivity index (χ1n) is 7.03. The zero-order valence-corrected chi connectivity index (χ0v) is 12.2. The van der Waals surface area contributed by atoms with Gasteiger partial charge in [-0.15, -0.1) is 0 Å². The van der Waals surface area contributed by atoms with Gasteiger partial charge in [0.2, 0.25) is 5.91 Å². The van der Waals surface area contributed by atoms with Crippen LogP contribution in [-0.4, -0.2) is 68.1 Å². The first-order chi connectivity index (χ1) is 9.06. The van der Waals surface area contributed by atoms with Gasteiger partial charge in [0.1, 0.15) is 0 Å². The second kappa shape index (κ2) is 7.99. The summed E-state index contributed by atoms with van der Waals surface area (Å²) in [6.45, 7) is 4.85. The van der Waals surface area contributed by atoms with Crippen LogP contribution in [0, 0.1) is 0 Å². The Kier molecular flexibility index (Phi) is 6.62. The van der Waals surface area contributed by atoms with Gasteiger partial charge in [-0.3, -0.25) is 4.79 Å². The molecule has 3 amide bonds. The molecular formula is C13H26N4O2. The number of nitrogens with zero attached hydrogens (tertiary/aromatic N) is 2. The third kappa shape index (κ3) is 5.06. The van der Waals surface area contributed by atoms with E-state index in [9.17, 15) is 9.59 Å². The largest absolute Gasteiger partial charge is 0.340 e. The number of piperidine rings is 1. The molecule has 0 aromatic heterocycles. The molecule has 0 aromatic rings. The fourth-order valence-electron chi connectivity index (χ4n) is 2.13. The van der Waals surface area contributed by atoms with Crippen LogP contribution in [-0.2, 0) is 4.79 Å². The summed E-state index contributed by atoms with van der Waals surface area (Å²) in [5.74, 6) is 0.166. The lowest BCUT2D eigenvalue weighted by molar-refractivity contribution is -0.135. The van der Waals surface area contributed by atoms with E-state index >= 15 is 0 Å². The van der Waals surface area contributed by atoms with Crippen molar-refractivity contribution in [2.45, 2.75) is 32.2 Å². The summed E-state index contributed by atoms with van der Waals surface area (Å²) in [6.07, 6.45) is 2.97. The zero-order chi connectivity index (χ0) is 14.3. The molecule has 1 atom stereocenters. The third-order valence-electron chi connectivity index (χ3n) is 3.24. The predicted molar refractivity (Wildman–Crippen MR) is 75.0 cm³/mol. The molecule has 0 saturated carbocycles. The maximum absolute atomic E-state index is 12.2. The minimum atomic E-state index is -0.120. The highest BCUT2D eigenvalue weighted by atomic mass is 16.2. The molecule has 2 N–H and O–H groups in total. The van der Waals surface area contributed by atoms with E-state index in [0.29, 0.717) is 13.1 Å². The van der Waals surface area contributed by atoms with Crippen molar-refractivity contribution in [2.75, 3.05) is 40.3 Å². The monoisotopic (exact) mass is 270 g/mol. The molecule has 1 aliphatic heterocycles. The third-order valence-corrected chi connectivity index (χ3v) is 3.24. The van der Waals surface area contributed by atoms with E-state index in [0.717, 1.165) is 32.4 Å². The van der Waals surface area contributed by atoms with Gasteiger partial charge in [0.25, 0.3) is 0 Å². The Morgan fingerprint density at radius 3 is 2.79 bits per heavy atom. The molecule has 0 radical (unpaired) electrons. The van der Waals surface area contributed by atoms with E-state index in [1.54, 1.807) is 14.1 Å². The molecule has 1 aliphatic rings. The summed E-state index contributed by atoms with van der Waals surface area (Å²) < 4.78 is 0. The number of carbonyl (C=O) groups excluding carboxylic acids is 2. The summed E-state index contributed by atoms with van der Waals surface area (Å²) >= 11 is 0. The number of urea groups is 1. The van der Waals surface area contributed by atoms with Gasteiger partial charge in [-0.2, -0.15) is 0 Å². The van der Waals surface area contributed by atoms with E-state index < -0.39 is 0 Å². The Labute approximate surface area is 115 Å². The minimum Gasteiger partial charge on any atom is -0.340 e. The van der Waals surface area contributed by atoms with Crippen LogP contribution in [0.2, 0.25) is 0 Å². The van der Waals surface area contributed by atoms with Gasteiger partial charge in [-0.25, -0.2) is 4.79 Å². The second-order valence-corrected chi connectivity index (χ2v) is 5.10. The van der Waals surface area contributed by atoms with Crippen molar-refractivity contribution in [3.05, 3.63) is 0 Å². The van der Waals surface area contributed by atoms with Crippen molar-refractivity contribution in [1.29, 1.82) is 0 Å². The van der Waals surface area contributed by atoms with Gasteiger partial charge in [-0.1, -0.05) is 6.92 Å². The maximum atomic E-state index is 12.2. The Balaban J connectivity index is 2.32. The quantitative estimate of drug-likeness (QED) is 0.727. The molecule has 6 heteroatoms. The molecule has 0 bridgehead atoms. The Hall–Kier alpha value is -1.30. The van der Waals surface area contributed by atoms with Crippen molar-refractivity contribution in [3.63, 3.8) is 0 Å². The maximum Gasteiger partial charge on any atom is 0.316 e. The molecule has 0 aliphatic carbocycles. The molecule has 1 heterocycles. The van der Waals surface area contributed by atoms with Gasteiger partial charge in [-0.05, 0) is 25.8 Å². The molecule has 0 aromatic carbocycles. The Morgan fingerprint density at radius 1 is 1.42 bits per heavy atom. The van der Waals surface area contributed by atoms with Gasteiger partial charge in [0, 0.05) is 33.7 Å². The fourth-order valence-corrected chi connectivity index (χ4v) is 2.13. The van der Waals surface area contributed by atoms with Crippen molar-refractivity contribution in [3.8, 4) is 0 Å². The molecule has 0 spiro atoms. The number of hydrogen-bond acceptors (Lipinski definition) is 3. The minimum absolute atomic E-state index is 0.0433. The normalized spacial score (nSPS) is 19.4. The van der Waals surface area contributed by atoms with Crippen molar-refractivity contribution in [2.24, 2.45) is 0 Å². The molecule has 19 heavy (non-hydrogen) atoms. The molecule has 6 nitrogen and oxygen atoms in total. The van der Waals surface area contributed by atoms with Crippen LogP contribution in [0.15, 0.2) is 0 Å². The summed E-state index contributed by atoms with van der Waals surface area (Å²) in [5.41, 5.74) is 0. The molecular weight excluding hydrogens is 244 g/mol. The van der Waals surface area contributed by atoms with Crippen molar-refractivity contribution >= 4 is 11.9 Å². The van der Waals surface area contributed by atoms with Crippen molar-refractivity contribution in [1.82, 2.24) is 20.4 Å². The standard InChI is InChI=1S/C13H26N4O2/c1-4-7-14-11-6-5-9-17(12(11)18)10-8-15-13(19)16(2)3/h11,14H,4-10H2,1-3H3,(H,15,19). The number of amides is 3. The van der Waals surface area contributed by atoms with E-state index in [1.165, 1.54) is 4.90 Å². The van der Waals surface area contributed by atoms with Gasteiger partial charge >= 0.3 is 6.03 Å². The first-order valence-corrected chi connectivity index (χ1v) is 7.03. The lowest BCUT2D eigenvalue weighted by atomic mass is 10.0. The van der Waals surface area contributed by atoms with Gasteiger partial charge in [0.05, 0.1) is 6.04 Å². The fraction of sp³-hybridized carbons (Fsp3) is 0.846. The highest BCUT2D eigenvalue weighted by molar-refractivity contribution is 5.82. The second-order valence-electron chi connectivity index (χ2n) is 5.10. The van der Waals surface area contributed by atoms with Crippen LogP contribution in [0.3, 0.4) is 0 Å².